The van der Waals surface area contributed by atoms with Crippen LogP contribution in [-0.4, -0.2) is 53.1 Å². The van der Waals surface area contributed by atoms with Gasteiger partial charge in [-0.3, -0.25) is 9.35 Å². The van der Waals surface area contributed by atoms with Gasteiger partial charge in [0.15, 0.2) is 0 Å². The highest BCUT2D eigenvalue weighted by Gasteiger charge is 2.27. The van der Waals surface area contributed by atoms with Gasteiger partial charge in [-0.05, 0) is 32.1 Å². The quantitative estimate of drug-likeness (QED) is 0.0317. The van der Waals surface area contributed by atoms with Crippen molar-refractivity contribution in [3.8, 4) is 0 Å². The Morgan fingerprint density at radius 2 is 1.00 bits per heavy atom. The van der Waals surface area contributed by atoms with Crippen LogP contribution in [0.25, 0.3) is 0 Å². The number of hydrogen-bond acceptors (Lipinski definition) is 5. The largest absolute Gasteiger partial charge is 0.387 e. The van der Waals surface area contributed by atoms with Crippen molar-refractivity contribution < 1.29 is 28.0 Å². The minimum Gasteiger partial charge on any atom is -0.387 e. The normalized spacial score (nSPS) is 14.3. The summed E-state index contributed by atoms with van der Waals surface area (Å²) in [4.78, 5) is 12.5. The molecule has 0 aromatic carbocycles. The van der Waals surface area contributed by atoms with E-state index in [1.54, 1.807) is 6.08 Å². The lowest BCUT2D eigenvalue weighted by Crippen LogP contribution is -2.50. The molecule has 0 aliphatic heterocycles. The van der Waals surface area contributed by atoms with Gasteiger partial charge in [-0.2, -0.15) is 8.42 Å². The van der Waals surface area contributed by atoms with Crippen LogP contribution < -0.4 is 5.32 Å². The van der Waals surface area contributed by atoms with Crippen molar-refractivity contribution in [2.45, 2.75) is 199 Å². The van der Waals surface area contributed by atoms with Crippen molar-refractivity contribution in [1.82, 2.24) is 5.32 Å². The number of amides is 1. The Labute approximate surface area is 277 Å². The van der Waals surface area contributed by atoms with Crippen LogP contribution in [0, 0.1) is 0 Å². The lowest BCUT2D eigenvalue weighted by Gasteiger charge is -2.22. The van der Waals surface area contributed by atoms with Crippen molar-refractivity contribution >= 4 is 16.0 Å². The monoisotopic (exact) mass is 658 g/mol. The van der Waals surface area contributed by atoms with Gasteiger partial charge in [0, 0.05) is 0 Å². The third-order valence-electron chi connectivity index (χ3n) is 8.49. The van der Waals surface area contributed by atoms with Crippen molar-refractivity contribution in [1.29, 1.82) is 0 Å². The molecule has 0 saturated heterocycles. The van der Waals surface area contributed by atoms with Crippen molar-refractivity contribution in [2.75, 3.05) is 5.75 Å². The van der Waals surface area contributed by atoms with E-state index in [1.165, 1.54) is 122 Å². The molecule has 0 heterocycles. The van der Waals surface area contributed by atoms with Gasteiger partial charge in [0.25, 0.3) is 10.1 Å². The highest BCUT2D eigenvalue weighted by molar-refractivity contribution is 7.85. The molecule has 7 nitrogen and oxygen atoms in total. The molecule has 0 aliphatic rings. The summed E-state index contributed by atoms with van der Waals surface area (Å²) in [5, 5.41) is 23.2. The maximum atomic E-state index is 12.5. The number of nitrogens with one attached hydrogen (secondary N) is 1. The van der Waals surface area contributed by atoms with E-state index < -0.39 is 40.0 Å². The lowest BCUT2D eigenvalue weighted by atomic mass is 10.0. The first-order chi connectivity index (χ1) is 21.7. The van der Waals surface area contributed by atoms with Crippen molar-refractivity contribution in [2.24, 2.45) is 0 Å². The third kappa shape index (κ3) is 31.2. The van der Waals surface area contributed by atoms with E-state index in [9.17, 15) is 28.0 Å². The van der Waals surface area contributed by atoms with Crippen LogP contribution in [0.3, 0.4) is 0 Å². The van der Waals surface area contributed by atoms with Gasteiger partial charge < -0.3 is 15.5 Å². The Balaban J connectivity index is 3.98. The number of hydrogen-bond donors (Lipinski definition) is 4. The van der Waals surface area contributed by atoms with Crippen LogP contribution >= 0.6 is 0 Å². The average molecular weight is 658 g/mol. The maximum Gasteiger partial charge on any atom is 0.267 e. The lowest BCUT2D eigenvalue weighted by molar-refractivity contribution is -0.130. The maximum absolute atomic E-state index is 12.5. The van der Waals surface area contributed by atoms with E-state index in [2.05, 4.69) is 31.3 Å². The predicted molar refractivity (Wildman–Crippen MR) is 190 cm³/mol. The molecule has 4 N–H and O–H groups in total. The molecule has 1 amide bonds. The van der Waals surface area contributed by atoms with Gasteiger partial charge in [0.05, 0.1) is 17.9 Å². The summed E-state index contributed by atoms with van der Waals surface area (Å²) in [7, 11) is -4.44. The topological polar surface area (TPSA) is 124 Å². The van der Waals surface area contributed by atoms with Gasteiger partial charge in [-0.15, -0.1) is 0 Å². The number of aliphatic hydroxyl groups excluding tert-OH is 2. The highest BCUT2D eigenvalue weighted by atomic mass is 32.2. The summed E-state index contributed by atoms with van der Waals surface area (Å²) in [6.45, 7) is 4.44. The second-order valence-electron chi connectivity index (χ2n) is 13.0. The van der Waals surface area contributed by atoms with Crippen molar-refractivity contribution in [3.05, 3.63) is 24.3 Å². The van der Waals surface area contributed by atoms with Crippen LogP contribution in [0.4, 0.5) is 0 Å². The van der Waals surface area contributed by atoms with Gasteiger partial charge in [0.2, 0.25) is 5.91 Å². The highest BCUT2D eigenvalue weighted by Crippen LogP contribution is 2.15. The second kappa shape index (κ2) is 31.4. The summed E-state index contributed by atoms with van der Waals surface area (Å²) in [5.41, 5.74) is 0. The van der Waals surface area contributed by atoms with Gasteiger partial charge in [0.1, 0.15) is 6.10 Å². The first-order valence-electron chi connectivity index (χ1n) is 18.6. The fraction of sp³-hybridized carbons (Fsp3) is 0.865. The Kier molecular flexibility index (Phi) is 30.5. The molecular weight excluding hydrogens is 586 g/mol. The molecule has 3 atom stereocenters. The van der Waals surface area contributed by atoms with Crippen LogP contribution in [-0.2, 0) is 14.9 Å². The number of rotatable bonds is 33. The second-order valence-corrected chi connectivity index (χ2v) is 14.5. The van der Waals surface area contributed by atoms with Gasteiger partial charge in [-0.25, -0.2) is 0 Å². The SMILES string of the molecule is CCCCC/C=C/CC/C=C/C(O)C(CS(=O)(=O)O)NC(=O)C(O)CCCCCCCCCCCCCCCCCCCCC. The summed E-state index contributed by atoms with van der Waals surface area (Å²) >= 11 is 0. The van der Waals surface area contributed by atoms with E-state index in [0.717, 1.165) is 32.1 Å². The van der Waals surface area contributed by atoms with Crippen LogP contribution in [0.2, 0.25) is 0 Å². The zero-order chi connectivity index (χ0) is 33.4. The molecule has 266 valence electrons. The summed E-state index contributed by atoms with van der Waals surface area (Å²) in [6.07, 6.45) is 35.4. The molecule has 0 bridgehead atoms. The molecule has 0 aliphatic carbocycles. The zero-order valence-corrected chi connectivity index (χ0v) is 29.9. The molecule has 8 heteroatoms. The van der Waals surface area contributed by atoms with Crippen LogP contribution in [0.15, 0.2) is 24.3 Å². The molecule has 45 heavy (non-hydrogen) atoms. The van der Waals surface area contributed by atoms with Crippen LogP contribution in [0.1, 0.15) is 181 Å². The molecule has 0 radical (unpaired) electrons. The Morgan fingerprint density at radius 3 is 1.47 bits per heavy atom. The fourth-order valence-electron chi connectivity index (χ4n) is 5.59. The molecule has 0 aromatic heterocycles. The Bertz CT molecular complexity index is 829. The van der Waals surface area contributed by atoms with Crippen molar-refractivity contribution in [3.63, 3.8) is 0 Å². The molecule has 0 rings (SSSR count). The number of carbonyl (C=O) groups excluding carboxylic acids is 1. The molecule has 0 fully saturated rings. The first kappa shape index (κ1) is 43.8. The van der Waals surface area contributed by atoms with Gasteiger partial charge >= 0.3 is 0 Å². The summed E-state index contributed by atoms with van der Waals surface area (Å²) < 4.78 is 32.3. The smallest absolute Gasteiger partial charge is 0.267 e. The summed E-state index contributed by atoms with van der Waals surface area (Å²) in [5.74, 6) is -1.55. The Morgan fingerprint density at radius 1 is 0.600 bits per heavy atom. The van der Waals surface area contributed by atoms with E-state index >= 15 is 0 Å². The van der Waals surface area contributed by atoms with E-state index in [-0.39, 0.29) is 6.42 Å². The first-order valence-corrected chi connectivity index (χ1v) is 20.3. The van der Waals surface area contributed by atoms with Crippen LogP contribution in [0.5, 0.6) is 0 Å². The predicted octanol–water partition coefficient (Wildman–Crippen LogP) is 9.38. The standard InChI is InChI=1S/C37H71NO6S/c1-3-5-7-9-11-13-14-15-16-17-18-19-20-21-22-24-26-28-30-32-36(40)37(41)38-34(33-45(42,43)44)35(39)31-29-27-25-23-12-10-8-6-4-2/h12,23,29,31,34-36,39-40H,3-11,13-22,24-28,30,32-33H2,1-2H3,(H,38,41)(H,42,43,44)/b23-12+,31-29+. The molecule has 0 spiro atoms. The fourth-order valence-corrected chi connectivity index (χ4v) is 6.32. The molecule has 0 aromatic rings. The minimum absolute atomic E-state index is 0.278. The number of carbonyl (C=O) groups is 1. The average Bonchev–Trinajstić information content (AvgIpc) is 3.00. The number of allylic oxidation sites excluding steroid dienone is 3. The van der Waals surface area contributed by atoms with E-state index in [0.29, 0.717) is 12.8 Å². The number of unbranched alkanes of at least 4 members (excludes halogenated alkanes) is 22. The summed E-state index contributed by atoms with van der Waals surface area (Å²) in [6, 6.07) is -1.24. The zero-order valence-electron chi connectivity index (χ0n) is 29.1. The minimum atomic E-state index is -4.44. The third-order valence-corrected chi connectivity index (χ3v) is 9.27. The molecule has 3 unspecified atom stereocenters. The molecule has 0 saturated carbocycles. The van der Waals surface area contributed by atoms with E-state index in [1.807, 2.05) is 0 Å². The van der Waals surface area contributed by atoms with Gasteiger partial charge in [-0.1, -0.05) is 173 Å². The van der Waals surface area contributed by atoms with E-state index in [4.69, 9.17) is 0 Å². The Hall–Kier alpha value is -1.22. The molecular formula is C37H71NO6S. The number of aliphatic hydroxyl groups is 2.